The molecule has 1 aliphatic rings. The van der Waals surface area contributed by atoms with E-state index in [4.69, 9.17) is 9.47 Å². The number of halogens is 4. The van der Waals surface area contributed by atoms with Crippen molar-refractivity contribution in [3.05, 3.63) is 127 Å². The maximum absolute atomic E-state index is 13.9. The molecule has 0 fully saturated rings. The lowest BCUT2D eigenvalue weighted by Gasteiger charge is -2.24. The quantitative estimate of drug-likeness (QED) is 0.174. The molecule has 0 N–H and O–H groups in total. The fraction of sp³-hybridized carbons (Fsp3) is 0.167. The van der Waals surface area contributed by atoms with Crippen molar-refractivity contribution >= 4 is 68.6 Å². The van der Waals surface area contributed by atoms with Gasteiger partial charge in [-0.05, 0) is 113 Å². The molecule has 0 spiro atoms. The molecule has 1 atom stereocenters. The van der Waals surface area contributed by atoms with E-state index in [2.05, 4.69) is 50.2 Å². The molecule has 0 bridgehead atoms. The number of nitrogens with zero attached hydrogens (tertiary/aromatic N) is 2. The summed E-state index contributed by atoms with van der Waals surface area (Å²) in [5.41, 5.74) is 2.35. The van der Waals surface area contributed by atoms with Crippen molar-refractivity contribution < 1.29 is 23.0 Å². The van der Waals surface area contributed by atoms with Crippen molar-refractivity contribution in [1.82, 2.24) is 4.57 Å². The molecule has 210 valence electrons. The third kappa shape index (κ3) is 6.31. The number of ether oxygens (including phenoxy) is 2. The first-order valence-corrected chi connectivity index (χ1v) is 15.4. The molecule has 0 saturated carbocycles. The van der Waals surface area contributed by atoms with Crippen LogP contribution in [0.2, 0.25) is 0 Å². The zero-order valence-electron chi connectivity index (χ0n) is 21.8. The molecular weight excluding hydrogens is 776 g/mol. The highest BCUT2D eigenvalue weighted by molar-refractivity contribution is 14.1. The lowest BCUT2D eigenvalue weighted by Crippen LogP contribution is -2.39. The van der Waals surface area contributed by atoms with E-state index in [0.717, 1.165) is 12.7 Å². The Balaban J connectivity index is 1.64. The van der Waals surface area contributed by atoms with Crippen LogP contribution in [0, 0.1) is 18.8 Å². The average Bonchev–Trinajstić information content (AvgIpc) is 3.23. The van der Waals surface area contributed by atoms with Crippen LogP contribution in [0.5, 0.6) is 5.75 Å². The highest BCUT2D eigenvalue weighted by Gasteiger charge is 2.33. The predicted molar refractivity (Wildman–Crippen MR) is 169 cm³/mol. The Bertz CT molecular complexity index is 1850. The van der Waals surface area contributed by atoms with Gasteiger partial charge in [-0.2, -0.15) is 0 Å². The van der Waals surface area contributed by atoms with Crippen molar-refractivity contribution in [3.8, 4) is 5.75 Å². The Hall–Kier alpha value is -2.91. The maximum atomic E-state index is 13.9. The lowest BCUT2D eigenvalue weighted by atomic mass is 9.96. The minimum absolute atomic E-state index is 0.155. The number of carbonyl (C=O) groups is 1. The molecule has 2 heterocycles. The molecule has 4 aromatic rings. The van der Waals surface area contributed by atoms with E-state index in [1.807, 2.05) is 12.1 Å². The number of thiazole rings is 1. The van der Waals surface area contributed by atoms with Gasteiger partial charge in [-0.15, -0.1) is 0 Å². The van der Waals surface area contributed by atoms with Gasteiger partial charge in [0, 0.05) is 9.13 Å². The molecular formula is C30H22F2I2N2O4S. The SMILES string of the molecule is CCOC(=O)C1=C(C)N=c2s/c(=C\c3cc(I)cc(I)c3OCc3ccc(F)cc3)c(=O)n2[C@H]1c1ccc(F)cc1. The van der Waals surface area contributed by atoms with Gasteiger partial charge in [0.2, 0.25) is 0 Å². The van der Waals surface area contributed by atoms with Gasteiger partial charge in [-0.1, -0.05) is 35.6 Å². The Morgan fingerprint density at radius 2 is 1.73 bits per heavy atom. The second-order valence-electron chi connectivity index (χ2n) is 9.07. The zero-order valence-corrected chi connectivity index (χ0v) is 26.9. The number of fused-ring (bicyclic) bond motifs is 1. The fourth-order valence-corrected chi connectivity index (χ4v) is 7.55. The highest BCUT2D eigenvalue weighted by atomic mass is 127. The number of aromatic nitrogens is 1. The number of benzene rings is 3. The van der Waals surface area contributed by atoms with Gasteiger partial charge in [0.05, 0.1) is 32.0 Å². The highest BCUT2D eigenvalue weighted by Crippen LogP contribution is 2.32. The molecule has 5 rings (SSSR count). The number of esters is 1. The summed E-state index contributed by atoms with van der Waals surface area (Å²) in [6.07, 6.45) is 1.75. The zero-order chi connectivity index (χ0) is 29.3. The van der Waals surface area contributed by atoms with Gasteiger partial charge in [0.25, 0.3) is 5.56 Å². The van der Waals surface area contributed by atoms with E-state index in [9.17, 15) is 18.4 Å². The van der Waals surface area contributed by atoms with E-state index >= 15 is 0 Å². The third-order valence-electron chi connectivity index (χ3n) is 6.32. The molecule has 0 amide bonds. The van der Waals surface area contributed by atoms with Gasteiger partial charge in [-0.3, -0.25) is 9.36 Å². The van der Waals surface area contributed by atoms with Crippen LogP contribution in [0.25, 0.3) is 6.08 Å². The molecule has 6 nitrogen and oxygen atoms in total. The number of hydrogen-bond acceptors (Lipinski definition) is 6. The van der Waals surface area contributed by atoms with E-state index < -0.39 is 17.8 Å². The van der Waals surface area contributed by atoms with Gasteiger partial charge in [0.1, 0.15) is 24.0 Å². The van der Waals surface area contributed by atoms with Crippen LogP contribution in [0.1, 0.15) is 36.6 Å². The summed E-state index contributed by atoms with van der Waals surface area (Å²) in [7, 11) is 0. The standard InChI is InChI=1S/C30H22F2I2N2O4S/c1-3-39-29(38)25-16(2)35-30-36(26(25)18-6-10-21(32)11-7-18)28(37)24(41-30)13-19-12-22(33)14-23(34)27(19)40-15-17-4-8-20(31)9-5-17/h4-14,26H,3,15H2,1-2H3/b24-13-/t26-/m0/s1. The van der Waals surface area contributed by atoms with Gasteiger partial charge >= 0.3 is 5.97 Å². The largest absolute Gasteiger partial charge is 0.487 e. The lowest BCUT2D eigenvalue weighted by molar-refractivity contribution is -0.139. The minimum atomic E-state index is -0.835. The van der Waals surface area contributed by atoms with Crippen molar-refractivity contribution in [1.29, 1.82) is 0 Å². The number of carbonyl (C=O) groups excluding carboxylic acids is 1. The Labute approximate surface area is 265 Å². The Kier molecular flexibility index (Phi) is 9.04. The van der Waals surface area contributed by atoms with Crippen LogP contribution in [-0.4, -0.2) is 17.1 Å². The van der Waals surface area contributed by atoms with Crippen LogP contribution in [0.15, 0.2) is 81.7 Å². The first-order valence-electron chi connectivity index (χ1n) is 12.5. The molecule has 1 aliphatic heterocycles. The van der Waals surface area contributed by atoms with Crippen molar-refractivity contribution in [3.63, 3.8) is 0 Å². The van der Waals surface area contributed by atoms with E-state index in [-0.39, 0.29) is 30.2 Å². The van der Waals surface area contributed by atoms with Crippen LogP contribution < -0.4 is 19.6 Å². The summed E-state index contributed by atoms with van der Waals surface area (Å²) in [5, 5.41) is 0. The molecule has 0 unspecified atom stereocenters. The molecule has 0 radical (unpaired) electrons. The average molecular weight is 798 g/mol. The summed E-state index contributed by atoms with van der Waals surface area (Å²) in [4.78, 5) is 32.0. The molecule has 11 heteroatoms. The molecule has 3 aromatic carbocycles. The summed E-state index contributed by atoms with van der Waals surface area (Å²) in [6, 6.07) is 14.8. The number of hydrogen-bond donors (Lipinski definition) is 0. The van der Waals surface area contributed by atoms with Gasteiger partial charge in [0.15, 0.2) is 4.80 Å². The third-order valence-corrected chi connectivity index (χ3v) is 8.73. The van der Waals surface area contributed by atoms with Crippen molar-refractivity contribution in [2.75, 3.05) is 6.61 Å². The summed E-state index contributed by atoms with van der Waals surface area (Å²) >= 11 is 5.58. The second-order valence-corrected chi connectivity index (χ2v) is 12.5. The maximum Gasteiger partial charge on any atom is 0.338 e. The smallest absolute Gasteiger partial charge is 0.338 e. The molecule has 1 aromatic heterocycles. The number of rotatable bonds is 7. The topological polar surface area (TPSA) is 69.9 Å². The van der Waals surface area contributed by atoms with Crippen LogP contribution in [0.3, 0.4) is 0 Å². The number of allylic oxidation sites excluding steroid dienone is 1. The first-order chi connectivity index (χ1) is 19.7. The summed E-state index contributed by atoms with van der Waals surface area (Å²) in [6.45, 7) is 3.77. The fourth-order valence-electron chi connectivity index (χ4n) is 4.47. The summed E-state index contributed by atoms with van der Waals surface area (Å²) < 4.78 is 42.3. The van der Waals surface area contributed by atoms with Crippen molar-refractivity contribution in [2.24, 2.45) is 4.99 Å². The minimum Gasteiger partial charge on any atom is -0.487 e. The monoisotopic (exact) mass is 798 g/mol. The van der Waals surface area contributed by atoms with E-state index in [0.29, 0.717) is 31.9 Å². The molecule has 0 saturated heterocycles. The normalized spacial score (nSPS) is 15.0. The predicted octanol–water partition coefficient (Wildman–Crippen LogP) is 5.86. The molecule has 0 aliphatic carbocycles. The van der Waals surface area contributed by atoms with E-state index in [1.54, 1.807) is 44.2 Å². The van der Waals surface area contributed by atoms with Crippen LogP contribution in [-0.2, 0) is 16.1 Å². The van der Waals surface area contributed by atoms with Crippen molar-refractivity contribution in [2.45, 2.75) is 26.5 Å². The van der Waals surface area contributed by atoms with Gasteiger partial charge < -0.3 is 9.47 Å². The summed E-state index contributed by atoms with van der Waals surface area (Å²) in [5.74, 6) is -0.754. The Morgan fingerprint density at radius 3 is 2.39 bits per heavy atom. The van der Waals surface area contributed by atoms with E-state index in [1.165, 1.54) is 40.2 Å². The van der Waals surface area contributed by atoms with Crippen LogP contribution >= 0.6 is 56.5 Å². The Morgan fingerprint density at radius 1 is 1.07 bits per heavy atom. The van der Waals surface area contributed by atoms with Gasteiger partial charge in [-0.25, -0.2) is 18.6 Å². The second kappa shape index (κ2) is 12.5. The van der Waals surface area contributed by atoms with Crippen LogP contribution in [0.4, 0.5) is 8.78 Å². The molecule has 41 heavy (non-hydrogen) atoms. The first kappa shape index (κ1) is 29.6.